The number of hydrogen-bond acceptors (Lipinski definition) is 5. The van der Waals surface area contributed by atoms with Crippen LogP contribution in [-0.4, -0.2) is 62.9 Å². The Hall–Kier alpha value is -2.96. The van der Waals surface area contributed by atoms with Crippen LogP contribution in [0.4, 0.5) is 10.6 Å². The summed E-state index contributed by atoms with van der Waals surface area (Å²) < 4.78 is 10.7. The molecule has 2 aromatic rings. The van der Waals surface area contributed by atoms with Crippen LogP contribution in [0.1, 0.15) is 19.4 Å². The predicted octanol–water partition coefficient (Wildman–Crippen LogP) is 2.91. The topological polar surface area (TPSA) is 66.9 Å². The van der Waals surface area contributed by atoms with Crippen molar-refractivity contribution in [2.24, 2.45) is 0 Å². The maximum Gasteiger partial charge on any atom is 0.317 e. The molecule has 0 spiro atoms. The van der Waals surface area contributed by atoms with Crippen LogP contribution in [-0.2, 0) is 5.41 Å². The summed E-state index contributed by atoms with van der Waals surface area (Å²) in [6.45, 7) is 7.66. The molecule has 1 fully saturated rings. The average molecular weight is 399 g/mol. The Bertz CT molecular complexity index is 818. The number of anilines is 1. The van der Waals surface area contributed by atoms with Crippen molar-refractivity contribution in [3.8, 4) is 11.5 Å². The maximum atomic E-state index is 12.7. The fourth-order valence-electron chi connectivity index (χ4n) is 3.45. The highest BCUT2D eigenvalue weighted by atomic mass is 16.5. The zero-order valence-corrected chi connectivity index (χ0v) is 17.6. The summed E-state index contributed by atoms with van der Waals surface area (Å²) in [5.41, 5.74) is 0.834. The minimum atomic E-state index is -0.245. The van der Waals surface area contributed by atoms with Crippen molar-refractivity contribution in [2.75, 3.05) is 51.8 Å². The lowest BCUT2D eigenvalue weighted by molar-refractivity contribution is 0.192. The van der Waals surface area contributed by atoms with E-state index >= 15 is 0 Å². The molecule has 7 heteroatoms. The van der Waals surface area contributed by atoms with Crippen LogP contribution in [0.15, 0.2) is 42.6 Å². The fourth-order valence-corrected chi connectivity index (χ4v) is 3.45. The van der Waals surface area contributed by atoms with Crippen molar-refractivity contribution in [3.63, 3.8) is 0 Å². The molecule has 3 rings (SSSR count). The first-order valence-corrected chi connectivity index (χ1v) is 9.86. The van der Waals surface area contributed by atoms with E-state index in [1.807, 2.05) is 41.3 Å². The number of urea groups is 1. The van der Waals surface area contributed by atoms with Gasteiger partial charge >= 0.3 is 6.03 Å². The first kappa shape index (κ1) is 20.8. The number of carbonyl (C=O) groups excluding carboxylic acids is 1. The van der Waals surface area contributed by atoms with Crippen molar-refractivity contribution in [1.82, 2.24) is 15.2 Å². The second-order valence-electron chi connectivity index (χ2n) is 7.77. The minimum absolute atomic E-state index is 0.0285. The third-order valence-corrected chi connectivity index (χ3v) is 5.39. The number of nitrogens with zero attached hydrogens (tertiary/aromatic N) is 3. The molecule has 1 aromatic carbocycles. The summed E-state index contributed by atoms with van der Waals surface area (Å²) >= 11 is 0. The van der Waals surface area contributed by atoms with Crippen LogP contribution in [0, 0.1) is 0 Å². The number of amides is 2. The Morgan fingerprint density at radius 3 is 2.41 bits per heavy atom. The van der Waals surface area contributed by atoms with Crippen LogP contribution in [0.3, 0.4) is 0 Å². The lowest BCUT2D eigenvalue weighted by Gasteiger charge is -2.36. The number of nitrogens with one attached hydrogen (secondary N) is 1. The highest BCUT2D eigenvalue weighted by Gasteiger charge is 2.26. The average Bonchev–Trinajstić information content (AvgIpc) is 2.77. The van der Waals surface area contributed by atoms with Crippen molar-refractivity contribution >= 4 is 11.8 Å². The van der Waals surface area contributed by atoms with Gasteiger partial charge in [-0.1, -0.05) is 26.0 Å². The Labute approximate surface area is 172 Å². The molecule has 1 N–H and O–H groups in total. The van der Waals surface area contributed by atoms with Crippen molar-refractivity contribution in [2.45, 2.75) is 19.3 Å². The van der Waals surface area contributed by atoms with Gasteiger partial charge in [-0.3, -0.25) is 0 Å². The molecule has 1 aliphatic heterocycles. The number of methoxy groups -OCH3 is 2. The molecule has 1 saturated heterocycles. The zero-order chi connectivity index (χ0) is 20.9. The third kappa shape index (κ3) is 4.91. The van der Waals surface area contributed by atoms with Gasteiger partial charge < -0.3 is 24.6 Å². The van der Waals surface area contributed by atoms with Gasteiger partial charge in [0.05, 0.1) is 14.2 Å². The van der Waals surface area contributed by atoms with Gasteiger partial charge in [0.1, 0.15) is 5.82 Å². The Balaban J connectivity index is 1.55. The van der Waals surface area contributed by atoms with E-state index in [0.29, 0.717) is 31.1 Å². The molecule has 7 nitrogen and oxygen atoms in total. The Morgan fingerprint density at radius 1 is 1.07 bits per heavy atom. The molecule has 1 aliphatic rings. The predicted molar refractivity (Wildman–Crippen MR) is 114 cm³/mol. The van der Waals surface area contributed by atoms with E-state index in [0.717, 1.165) is 24.5 Å². The number of piperazine rings is 1. The molecule has 0 unspecified atom stereocenters. The number of carbonyl (C=O) groups is 1. The highest BCUT2D eigenvalue weighted by Crippen LogP contribution is 2.32. The lowest BCUT2D eigenvalue weighted by atomic mass is 9.84. The number of rotatable bonds is 6. The molecule has 0 atom stereocenters. The monoisotopic (exact) mass is 398 g/mol. The smallest absolute Gasteiger partial charge is 0.317 e. The van der Waals surface area contributed by atoms with E-state index in [-0.39, 0.29) is 11.4 Å². The molecule has 156 valence electrons. The van der Waals surface area contributed by atoms with E-state index in [1.165, 1.54) is 0 Å². The molecule has 1 aromatic heterocycles. The first-order valence-electron chi connectivity index (χ1n) is 9.86. The van der Waals surface area contributed by atoms with Crippen LogP contribution in [0.25, 0.3) is 0 Å². The molecule has 29 heavy (non-hydrogen) atoms. The SMILES string of the molecule is COc1ccc(C(C)(C)CNC(=O)N2CCN(c3ccccn3)CC2)cc1OC. The van der Waals surface area contributed by atoms with E-state index < -0.39 is 0 Å². The largest absolute Gasteiger partial charge is 0.493 e. The molecule has 0 bridgehead atoms. The van der Waals surface area contributed by atoms with Crippen LogP contribution in [0.5, 0.6) is 11.5 Å². The van der Waals surface area contributed by atoms with Gasteiger partial charge in [-0.2, -0.15) is 0 Å². The Kier molecular flexibility index (Phi) is 6.46. The molecular formula is C22H30N4O3. The quantitative estimate of drug-likeness (QED) is 0.810. The zero-order valence-electron chi connectivity index (χ0n) is 17.6. The van der Waals surface area contributed by atoms with E-state index in [9.17, 15) is 4.79 Å². The van der Waals surface area contributed by atoms with Gasteiger partial charge in [-0.15, -0.1) is 0 Å². The summed E-state index contributed by atoms with van der Waals surface area (Å²) in [5.74, 6) is 2.35. The summed E-state index contributed by atoms with van der Waals surface area (Å²) in [6.07, 6.45) is 1.80. The second-order valence-corrected chi connectivity index (χ2v) is 7.77. The summed E-state index contributed by atoms with van der Waals surface area (Å²) in [5, 5.41) is 3.09. The van der Waals surface area contributed by atoms with E-state index in [2.05, 4.69) is 29.0 Å². The number of ether oxygens (including phenoxy) is 2. The molecule has 0 saturated carbocycles. The van der Waals surface area contributed by atoms with Crippen molar-refractivity contribution in [3.05, 3.63) is 48.2 Å². The highest BCUT2D eigenvalue weighted by molar-refractivity contribution is 5.74. The summed E-state index contributed by atoms with van der Waals surface area (Å²) in [7, 11) is 3.25. The minimum Gasteiger partial charge on any atom is -0.493 e. The number of aromatic nitrogens is 1. The number of benzene rings is 1. The van der Waals surface area contributed by atoms with Gasteiger partial charge in [0.15, 0.2) is 11.5 Å². The fraction of sp³-hybridized carbons (Fsp3) is 0.455. The normalized spacial score (nSPS) is 14.5. The van der Waals surface area contributed by atoms with Crippen LogP contribution < -0.4 is 19.7 Å². The van der Waals surface area contributed by atoms with E-state index in [1.54, 1.807) is 20.4 Å². The molecule has 2 heterocycles. The lowest BCUT2D eigenvalue weighted by Crippen LogP contribution is -2.53. The van der Waals surface area contributed by atoms with E-state index in [4.69, 9.17) is 9.47 Å². The van der Waals surface area contributed by atoms with Gasteiger partial charge in [-0.25, -0.2) is 9.78 Å². The van der Waals surface area contributed by atoms with Crippen molar-refractivity contribution < 1.29 is 14.3 Å². The first-order chi connectivity index (χ1) is 13.9. The molecular weight excluding hydrogens is 368 g/mol. The maximum absolute atomic E-state index is 12.7. The number of pyridine rings is 1. The summed E-state index contributed by atoms with van der Waals surface area (Å²) in [6, 6.07) is 11.7. The second kappa shape index (κ2) is 9.03. The molecule has 0 radical (unpaired) electrons. The standard InChI is InChI=1S/C22H30N4O3/c1-22(2,17-8-9-18(28-3)19(15-17)29-4)16-24-21(27)26-13-11-25(12-14-26)20-7-5-6-10-23-20/h5-10,15H,11-14,16H2,1-4H3,(H,24,27). The van der Waals surface area contributed by atoms with Gasteiger partial charge in [0.25, 0.3) is 0 Å². The summed E-state index contributed by atoms with van der Waals surface area (Å²) in [4.78, 5) is 21.1. The third-order valence-electron chi connectivity index (χ3n) is 5.39. The van der Waals surface area contributed by atoms with Gasteiger partial charge in [-0.05, 0) is 29.8 Å². The molecule has 2 amide bonds. The Morgan fingerprint density at radius 2 is 1.79 bits per heavy atom. The van der Waals surface area contributed by atoms with Gasteiger partial charge in [0, 0.05) is 44.3 Å². The van der Waals surface area contributed by atoms with Crippen molar-refractivity contribution in [1.29, 1.82) is 0 Å². The van der Waals surface area contributed by atoms with Crippen LogP contribution >= 0.6 is 0 Å². The van der Waals surface area contributed by atoms with Crippen LogP contribution in [0.2, 0.25) is 0 Å². The number of hydrogen-bond donors (Lipinski definition) is 1. The van der Waals surface area contributed by atoms with Gasteiger partial charge in [0.2, 0.25) is 0 Å². The molecule has 0 aliphatic carbocycles.